The highest BCUT2D eigenvalue weighted by Crippen LogP contribution is 2.33. The molecular formula is C27H25N5O3S. The van der Waals surface area contributed by atoms with Crippen LogP contribution in [0.5, 0.6) is 5.75 Å². The topological polar surface area (TPSA) is 98.1 Å². The van der Waals surface area contributed by atoms with Crippen LogP contribution in [0, 0.1) is 0 Å². The zero-order valence-electron chi connectivity index (χ0n) is 19.7. The van der Waals surface area contributed by atoms with Crippen molar-refractivity contribution in [2.75, 3.05) is 18.2 Å². The lowest BCUT2D eigenvalue weighted by atomic mass is 10.1. The molecule has 0 atom stereocenters. The number of ether oxygens (including phenoxy) is 1. The number of carbonyl (C=O) groups excluding carboxylic acids is 2. The molecule has 8 nitrogen and oxygen atoms in total. The van der Waals surface area contributed by atoms with Crippen LogP contribution < -0.4 is 15.4 Å². The summed E-state index contributed by atoms with van der Waals surface area (Å²) < 4.78 is 7.45. The molecular weight excluding hydrogens is 474 g/mol. The first-order chi connectivity index (χ1) is 17.6. The van der Waals surface area contributed by atoms with Crippen molar-refractivity contribution in [3.63, 3.8) is 0 Å². The SMILES string of the molecule is COc1ccccc1-c1nnc(SCC(=O)Nc2ccccc2C(=O)NC2CC2)n1-c1ccccc1. The summed E-state index contributed by atoms with van der Waals surface area (Å²) in [6.07, 6.45) is 1.99. The number of hydrogen-bond donors (Lipinski definition) is 2. The van der Waals surface area contributed by atoms with Gasteiger partial charge in [-0.15, -0.1) is 10.2 Å². The molecule has 2 N–H and O–H groups in total. The lowest BCUT2D eigenvalue weighted by Gasteiger charge is -2.13. The molecule has 0 aliphatic heterocycles. The average molecular weight is 500 g/mol. The van der Waals surface area contributed by atoms with Gasteiger partial charge in [-0.3, -0.25) is 14.2 Å². The molecule has 182 valence electrons. The summed E-state index contributed by atoms with van der Waals surface area (Å²) >= 11 is 1.27. The number of carbonyl (C=O) groups is 2. The number of rotatable bonds is 9. The highest BCUT2D eigenvalue weighted by molar-refractivity contribution is 7.99. The van der Waals surface area contributed by atoms with Crippen molar-refractivity contribution in [3.8, 4) is 22.8 Å². The molecule has 0 unspecified atom stereocenters. The van der Waals surface area contributed by atoms with Gasteiger partial charge in [0.15, 0.2) is 11.0 Å². The maximum absolute atomic E-state index is 12.9. The first-order valence-electron chi connectivity index (χ1n) is 11.6. The summed E-state index contributed by atoms with van der Waals surface area (Å²) in [5, 5.41) is 15.2. The van der Waals surface area contributed by atoms with Gasteiger partial charge >= 0.3 is 0 Å². The van der Waals surface area contributed by atoms with Gasteiger partial charge in [-0.2, -0.15) is 0 Å². The van der Waals surface area contributed by atoms with Crippen molar-refractivity contribution in [3.05, 3.63) is 84.4 Å². The zero-order valence-corrected chi connectivity index (χ0v) is 20.5. The van der Waals surface area contributed by atoms with E-state index >= 15 is 0 Å². The highest BCUT2D eigenvalue weighted by atomic mass is 32.2. The van der Waals surface area contributed by atoms with Crippen molar-refractivity contribution in [2.45, 2.75) is 24.0 Å². The summed E-state index contributed by atoms with van der Waals surface area (Å²) in [7, 11) is 1.62. The van der Waals surface area contributed by atoms with Gasteiger partial charge in [0.25, 0.3) is 5.91 Å². The van der Waals surface area contributed by atoms with Gasteiger partial charge in [-0.25, -0.2) is 0 Å². The van der Waals surface area contributed by atoms with Gasteiger partial charge in [0.2, 0.25) is 5.91 Å². The molecule has 1 aliphatic carbocycles. The molecule has 5 rings (SSSR count). The number of aromatic nitrogens is 3. The standard InChI is InChI=1S/C27H25N5O3S/c1-35-23-14-8-6-12-21(23)25-30-31-27(32(25)19-9-3-2-4-10-19)36-17-24(33)29-22-13-7-5-11-20(22)26(34)28-18-15-16-18/h2-14,18H,15-17H2,1H3,(H,28,34)(H,29,33). The minimum atomic E-state index is -0.242. The first-order valence-corrected chi connectivity index (χ1v) is 12.6. The Labute approximate surface area is 213 Å². The fourth-order valence-corrected chi connectivity index (χ4v) is 4.53. The molecule has 1 aromatic heterocycles. The Morgan fingerprint density at radius 2 is 1.69 bits per heavy atom. The molecule has 1 heterocycles. The molecule has 0 bridgehead atoms. The van der Waals surface area contributed by atoms with E-state index in [-0.39, 0.29) is 23.6 Å². The van der Waals surface area contributed by atoms with E-state index in [0.717, 1.165) is 24.1 Å². The largest absolute Gasteiger partial charge is 0.496 e. The van der Waals surface area contributed by atoms with Crippen LogP contribution in [-0.4, -0.2) is 45.5 Å². The summed E-state index contributed by atoms with van der Waals surface area (Å²) in [6, 6.07) is 24.6. The van der Waals surface area contributed by atoms with Crippen molar-refractivity contribution in [1.82, 2.24) is 20.1 Å². The first kappa shape index (κ1) is 23.6. The summed E-state index contributed by atoms with van der Waals surface area (Å²) in [5.74, 6) is 0.968. The Bertz CT molecular complexity index is 1390. The number of thioether (sulfide) groups is 1. The van der Waals surface area contributed by atoms with Crippen LogP contribution in [0.3, 0.4) is 0 Å². The fraction of sp³-hybridized carbons (Fsp3) is 0.185. The number of hydrogen-bond acceptors (Lipinski definition) is 6. The molecule has 1 aliphatic rings. The molecule has 36 heavy (non-hydrogen) atoms. The third-order valence-electron chi connectivity index (χ3n) is 5.69. The zero-order chi connectivity index (χ0) is 24.9. The molecule has 2 amide bonds. The van der Waals surface area contributed by atoms with Crippen LogP contribution in [0.2, 0.25) is 0 Å². The third-order valence-corrected chi connectivity index (χ3v) is 6.62. The summed E-state index contributed by atoms with van der Waals surface area (Å²) in [5.41, 5.74) is 2.60. The molecule has 9 heteroatoms. The molecule has 1 fully saturated rings. The van der Waals surface area contributed by atoms with E-state index in [9.17, 15) is 9.59 Å². The molecule has 0 radical (unpaired) electrons. The van der Waals surface area contributed by atoms with Gasteiger partial charge in [0, 0.05) is 11.7 Å². The fourth-order valence-electron chi connectivity index (χ4n) is 3.77. The van der Waals surface area contributed by atoms with Gasteiger partial charge in [-0.05, 0) is 49.2 Å². The number of anilines is 1. The minimum Gasteiger partial charge on any atom is -0.496 e. The van der Waals surface area contributed by atoms with Crippen molar-refractivity contribution >= 4 is 29.3 Å². The maximum Gasteiger partial charge on any atom is 0.253 e. The number of nitrogens with zero attached hydrogens (tertiary/aromatic N) is 3. The van der Waals surface area contributed by atoms with Crippen LogP contribution in [0.25, 0.3) is 17.1 Å². The number of para-hydroxylation sites is 3. The van der Waals surface area contributed by atoms with Gasteiger partial charge in [0.1, 0.15) is 5.75 Å². The highest BCUT2D eigenvalue weighted by Gasteiger charge is 2.25. The van der Waals surface area contributed by atoms with Crippen LogP contribution in [0.1, 0.15) is 23.2 Å². The van der Waals surface area contributed by atoms with Crippen molar-refractivity contribution in [1.29, 1.82) is 0 Å². The van der Waals surface area contributed by atoms with E-state index in [1.807, 2.05) is 59.2 Å². The van der Waals surface area contributed by atoms with E-state index in [2.05, 4.69) is 20.8 Å². The van der Waals surface area contributed by atoms with Crippen molar-refractivity contribution < 1.29 is 14.3 Å². The number of amides is 2. The van der Waals surface area contributed by atoms with E-state index in [1.165, 1.54) is 11.8 Å². The molecule has 4 aromatic rings. The lowest BCUT2D eigenvalue weighted by Crippen LogP contribution is -2.27. The van der Waals surface area contributed by atoms with Crippen LogP contribution in [0.4, 0.5) is 5.69 Å². The monoisotopic (exact) mass is 499 g/mol. The van der Waals surface area contributed by atoms with Gasteiger partial charge in [-0.1, -0.05) is 54.2 Å². The summed E-state index contributed by atoms with van der Waals surface area (Å²) in [4.78, 5) is 25.4. The van der Waals surface area contributed by atoms with E-state index in [0.29, 0.717) is 28.0 Å². The molecule has 1 saturated carbocycles. The number of nitrogens with one attached hydrogen (secondary N) is 2. The number of methoxy groups -OCH3 is 1. The number of benzene rings is 3. The Kier molecular flexibility index (Phi) is 6.99. The van der Waals surface area contributed by atoms with Crippen molar-refractivity contribution in [2.24, 2.45) is 0 Å². The smallest absolute Gasteiger partial charge is 0.253 e. The summed E-state index contributed by atoms with van der Waals surface area (Å²) in [6.45, 7) is 0. The van der Waals surface area contributed by atoms with Crippen LogP contribution in [-0.2, 0) is 4.79 Å². The van der Waals surface area contributed by atoms with E-state index in [4.69, 9.17) is 4.74 Å². The van der Waals surface area contributed by atoms with Gasteiger partial charge < -0.3 is 15.4 Å². The molecule has 0 spiro atoms. The Hall–Kier alpha value is -4.11. The predicted molar refractivity (Wildman–Crippen MR) is 140 cm³/mol. The van der Waals surface area contributed by atoms with Crippen LogP contribution >= 0.6 is 11.8 Å². The third kappa shape index (κ3) is 5.26. The van der Waals surface area contributed by atoms with E-state index < -0.39 is 0 Å². The average Bonchev–Trinajstić information content (AvgIpc) is 3.63. The Morgan fingerprint density at radius 3 is 2.47 bits per heavy atom. The second-order valence-electron chi connectivity index (χ2n) is 8.31. The Morgan fingerprint density at radius 1 is 0.972 bits per heavy atom. The molecule has 0 saturated heterocycles. The van der Waals surface area contributed by atoms with Crippen LogP contribution in [0.15, 0.2) is 84.0 Å². The second kappa shape index (κ2) is 10.7. The lowest BCUT2D eigenvalue weighted by molar-refractivity contribution is -0.113. The van der Waals surface area contributed by atoms with Gasteiger partial charge in [0.05, 0.1) is 29.7 Å². The normalized spacial score (nSPS) is 12.7. The second-order valence-corrected chi connectivity index (χ2v) is 9.25. The quantitative estimate of drug-likeness (QED) is 0.328. The minimum absolute atomic E-state index is 0.0927. The van der Waals surface area contributed by atoms with E-state index in [1.54, 1.807) is 31.4 Å². The predicted octanol–water partition coefficient (Wildman–Crippen LogP) is 4.57. The maximum atomic E-state index is 12.9. The molecule has 3 aromatic carbocycles. The Balaban J connectivity index is 1.37.